The molecule has 0 aliphatic heterocycles. The molecule has 2 aromatic carbocycles. The number of halogens is 2. The second kappa shape index (κ2) is 10.2. The Morgan fingerprint density at radius 3 is 2.81 bits per heavy atom. The van der Waals surface area contributed by atoms with Crippen LogP contribution in [0, 0.1) is 15.9 Å². The molecule has 162 valence electrons. The number of aromatic nitrogens is 3. The summed E-state index contributed by atoms with van der Waals surface area (Å²) < 4.78 is 20.5. The standard InChI is InChI=1S/C19H17ClFN5O4S/c1-2-25-17(10-30-16-8-7-12(21)9-13(16)20)23-24-19(25)31-11-18(27)22-14-5-3-4-6-15(14)26(28)29/h3-9H,2,10-11H2,1H3,(H,22,27). The molecule has 12 heteroatoms. The largest absolute Gasteiger partial charge is 0.484 e. The van der Waals surface area contributed by atoms with Gasteiger partial charge in [0.05, 0.1) is 15.7 Å². The number of hydrogen-bond donors (Lipinski definition) is 1. The van der Waals surface area contributed by atoms with Gasteiger partial charge in [-0.25, -0.2) is 4.39 Å². The van der Waals surface area contributed by atoms with Gasteiger partial charge < -0.3 is 14.6 Å². The maximum Gasteiger partial charge on any atom is 0.292 e. The van der Waals surface area contributed by atoms with Gasteiger partial charge in [-0.1, -0.05) is 35.5 Å². The van der Waals surface area contributed by atoms with E-state index in [1.807, 2.05) is 6.92 Å². The predicted octanol–water partition coefficient (Wildman–Crippen LogP) is 4.31. The van der Waals surface area contributed by atoms with E-state index in [9.17, 15) is 19.3 Å². The molecular weight excluding hydrogens is 449 g/mol. The minimum absolute atomic E-state index is 0.0190. The van der Waals surface area contributed by atoms with Crippen LogP contribution in [-0.2, 0) is 17.9 Å². The molecular formula is C19H17ClFN5O4S. The van der Waals surface area contributed by atoms with Crippen LogP contribution in [0.25, 0.3) is 0 Å². The van der Waals surface area contributed by atoms with Crippen molar-refractivity contribution in [2.24, 2.45) is 0 Å². The molecule has 1 heterocycles. The number of anilines is 1. The monoisotopic (exact) mass is 465 g/mol. The summed E-state index contributed by atoms with van der Waals surface area (Å²) in [5.41, 5.74) is -0.0585. The van der Waals surface area contributed by atoms with E-state index in [0.29, 0.717) is 23.3 Å². The first-order valence-corrected chi connectivity index (χ1v) is 10.4. The van der Waals surface area contributed by atoms with E-state index >= 15 is 0 Å². The van der Waals surface area contributed by atoms with E-state index in [2.05, 4.69) is 15.5 Å². The third-order valence-corrected chi connectivity index (χ3v) is 5.33. The van der Waals surface area contributed by atoms with E-state index in [0.717, 1.165) is 17.8 Å². The van der Waals surface area contributed by atoms with Crippen LogP contribution in [-0.4, -0.2) is 31.3 Å². The number of rotatable bonds is 9. The molecule has 0 bridgehead atoms. The lowest BCUT2D eigenvalue weighted by molar-refractivity contribution is -0.383. The lowest BCUT2D eigenvalue weighted by Crippen LogP contribution is -2.15. The summed E-state index contributed by atoms with van der Waals surface area (Å²) in [5, 5.41) is 22.4. The molecule has 1 amide bonds. The number of nitro groups is 1. The molecule has 0 spiro atoms. The first kappa shape index (κ1) is 22.5. The van der Waals surface area contributed by atoms with E-state index in [-0.39, 0.29) is 28.8 Å². The van der Waals surface area contributed by atoms with Gasteiger partial charge in [-0.2, -0.15) is 0 Å². The van der Waals surface area contributed by atoms with Crippen LogP contribution in [0.2, 0.25) is 5.02 Å². The van der Waals surface area contributed by atoms with Crippen LogP contribution in [0.3, 0.4) is 0 Å². The Bertz CT molecular complexity index is 1110. The van der Waals surface area contributed by atoms with Gasteiger partial charge in [0, 0.05) is 12.6 Å². The van der Waals surface area contributed by atoms with Crippen molar-refractivity contribution in [3.63, 3.8) is 0 Å². The predicted molar refractivity (Wildman–Crippen MR) is 114 cm³/mol. The summed E-state index contributed by atoms with van der Waals surface area (Å²) in [4.78, 5) is 22.8. The molecule has 0 radical (unpaired) electrons. The van der Waals surface area contributed by atoms with Crippen molar-refractivity contribution < 1.29 is 18.8 Å². The molecule has 1 N–H and O–H groups in total. The number of ether oxygens (including phenoxy) is 1. The van der Waals surface area contributed by atoms with Gasteiger partial charge in [-0.15, -0.1) is 10.2 Å². The summed E-state index contributed by atoms with van der Waals surface area (Å²) in [5.74, 6) is -0.0848. The Kier molecular flexibility index (Phi) is 7.42. The van der Waals surface area contributed by atoms with Crippen molar-refractivity contribution >= 4 is 40.6 Å². The van der Waals surface area contributed by atoms with Gasteiger partial charge in [-0.3, -0.25) is 14.9 Å². The Morgan fingerprint density at radius 1 is 1.32 bits per heavy atom. The lowest BCUT2D eigenvalue weighted by Gasteiger charge is -2.10. The SMILES string of the molecule is CCn1c(COc2ccc(F)cc2Cl)nnc1SCC(=O)Nc1ccccc1[N+](=O)[O-]. The third-order valence-electron chi connectivity index (χ3n) is 4.07. The molecule has 0 unspecified atom stereocenters. The summed E-state index contributed by atoms with van der Waals surface area (Å²) in [7, 11) is 0. The topological polar surface area (TPSA) is 112 Å². The van der Waals surface area contributed by atoms with Gasteiger partial charge in [0.2, 0.25) is 5.91 Å². The molecule has 0 atom stereocenters. The number of nitrogens with zero attached hydrogens (tertiary/aromatic N) is 4. The van der Waals surface area contributed by atoms with Crippen LogP contribution >= 0.6 is 23.4 Å². The summed E-state index contributed by atoms with van der Waals surface area (Å²) in [6, 6.07) is 9.72. The van der Waals surface area contributed by atoms with Gasteiger partial charge in [0.15, 0.2) is 11.0 Å². The highest BCUT2D eigenvalue weighted by Gasteiger charge is 2.17. The Hall–Kier alpha value is -3.18. The number of carbonyl (C=O) groups is 1. The fourth-order valence-electron chi connectivity index (χ4n) is 2.64. The molecule has 3 aromatic rings. The molecule has 0 saturated carbocycles. The number of thioether (sulfide) groups is 1. The van der Waals surface area contributed by atoms with E-state index in [1.54, 1.807) is 10.6 Å². The molecule has 0 aliphatic rings. The highest BCUT2D eigenvalue weighted by atomic mass is 35.5. The van der Waals surface area contributed by atoms with E-state index in [4.69, 9.17) is 16.3 Å². The maximum absolute atomic E-state index is 13.1. The van der Waals surface area contributed by atoms with Crippen molar-refractivity contribution in [3.05, 3.63) is 69.2 Å². The van der Waals surface area contributed by atoms with Crippen molar-refractivity contribution in [2.45, 2.75) is 25.2 Å². The smallest absolute Gasteiger partial charge is 0.292 e. The van der Waals surface area contributed by atoms with Crippen LogP contribution in [0.4, 0.5) is 15.8 Å². The van der Waals surface area contributed by atoms with Gasteiger partial charge in [0.1, 0.15) is 23.9 Å². The highest BCUT2D eigenvalue weighted by Crippen LogP contribution is 2.27. The number of hydrogen-bond acceptors (Lipinski definition) is 7. The number of nitro benzene ring substituents is 1. The van der Waals surface area contributed by atoms with Gasteiger partial charge in [-0.05, 0) is 31.2 Å². The molecule has 1 aromatic heterocycles. The normalized spacial score (nSPS) is 10.7. The molecule has 0 saturated heterocycles. The molecule has 31 heavy (non-hydrogen) atoms. The van der Waals surface area contributed by atoms with Crippen molar-refractivity contribution in [3.8, 4) is 5.75 Å². The van der Waals surface area contributed by atoms with Gasteiger partial charge >= 0.3 is 0 Å². The first-order valence-electron chi connectivity index (χ1n) is 9.05. The quantitative estimate of drug-likeness (QED) is 0.284. The van der Waals surface area contributed by atoms with Crippen LogP contribution < -0.4 is 10.1 Å². The average Bonchev–Trinajstić information content (AvgIpc) is 3.13. The third kappa shape index (κ3) is 5.70. The maximum atomic E-state index is 13.1. The fourth-order valence-corrected chi connectivity index (χ4v) is 3.68. The lowest BCUT2D eigenvalue weighted by atomic mass is 10.2. The molecule has 9 nitrogen and oxygen atoms in total. The number of amides is 1. The average molecular weight is 466 g/mol. The Labute approximate surface area is 185 Å². The fraction of sp³-hybridized carbons (Fsp3) is 0.211. The van der Waals surface area contributed by atoms with Crippen molar-refractivity contribution in [1.29, 1.82) is 0 Å². The highest BCUT2D eigenvalue weighted by molar-refractivity contribution is 7.99. The minimum Gasteiger partial charge on any atom is -0.484 e. The van der Waals surface area contributed by atoms with Crippen molar-refractivity contribution in [1.82, 2.24) is 14.8 Å². The summed E-state index contributed by atoms with van der Waals surface area (Å²) >= 11 is 7.09. The van der Waals surface area contributed by atoms with E-state index < -0.39 is 16.6 Å². The number of para-hydroxylation sites is 2. The zero-order valence-corrected chi connectivity index (χ0v) is 17.8. The number of carbonyl (C=O) groups excluding carboxylic acids is 1. The molecule has 0 aliphatic carbocycles. The van der Waals surface area contributed by atoms with Crippen molar-refractivity contribution in [2.75, 3.05) is 11.1 Å². The first-order chi connectivity index (χ1) is 14.9. The second-order valence-corrected chi connectivity index (χ2v) is 7.47. The Balaban J connectivity index is 1.62. The van der Waals surface area contributed by atoms with E-state index in [1.165, 1.54) is 30.3 Å². The Morgan fingerprint density at radius 2 is 2.10 bits per heavy atom. The molecule has 0 fully saturated rings. The number of benzene rings is 2. The zero-order chi connectivity index (χ0) is 22.4. The zero-order valence-electron chi connectivity index (χ0n) is 16.2. The van der Waals surface area contributed by atoms with Crippen LogP contribution in [0.1, 0.15) is 12.7 Å². The van der Waals surface area contributed by atoms with Gasteiger partial charge in [0.25, 0.3) is 5.69 Å². The van der Waals surface area contributed by atoms with Crippen LogP contribution in [0.15, 0.2) is 47.6 Å². The second-order valence-electron chi connectivity index (χ2n) is 6.12. The van der Waals surface area contributed by atoms with Crippen LogP contribution in [0.5, 0.6) is 5.75 Å². The summed E-state index contributed by atoms with van der Waals surface area (Å²) in [6.45, 7) is 2.46. The number of nitrogens with one attached hydrogen (secondary N) is 1. The summed E-state index contributed by atoms with van der Waals surface area (Å²) in [6.07, 6.45) is 0. The minimum atomic E-state index is -0.559. The molecule has 3 rings (SSSR count).